The number of hydrogen-bond acceptors (Lipinski definition) is 4. The van der Waals surface area contributed by atoms with Gasteiger partial charge < -0.3 is 9.47 Å². The van der Waals surface area contributed by atoms with E-state index in [4.69, 9.17) is 9.47 Å². The molecular formula is C18H14O4. The second kappa shape index (κ2) is 5.85. The van der Waals surface area contributed by atoms with Crippen LogP contribution in [0.15, 0.2) is 54.3 Å². The van der Waals surface area contributed by atoms with Crippen molar-refractivity contribution in [3.8, 4) is 11.5 Å². The van der Waals surface area contributed by atoms with Crippen LogP contribution < -0.4 is 9.47 Å². The molecule has 0 unspecified atom stereocenters. The summed E-state index contributed by atoms with van der Waals surface area (Å²) in [5, 5.41) is 0. The maximum Gasteiger partial charge on any atom is 0.310 e. The number of ether oxygens (including phenoxy) is 2. The zero-order chi connectivity index (χ0) is 15.5. The highest BCUT2D eigenvalue weighted by Gasteiger charge is 2.26. The highest BCUT2D eigenvalue weighted by Crippen LogP contribution is 2.31. The first-order chi connectivity index (χ1) is 10.7. The van der Waals surface area contributed by atoms with Crippen LogP contribution in [-0.4, -0.2) is 11.8 Å². The highest BCUT2D eigenvalue weighted by molar-refractivity contribution is 6.14. The van der Waals surface area contributed by atoms with Gasteiger partial charge in [0.15, 0.2) is 5.76 Å². The molecule has 0 saturated carbocycles. The van der Waals surface area contributed by atoms with E-state index in [1.807, 2.05) is 6.07 Å². The van der Waals surface area contributed by atoms with Gasteiger partial charge in [-0.1, -0.05) is 31.2 Å². The second-order valence-electron chi connectivity index (χ2n) is 4.83. The van der Waals surface area contributed by atoms with Gasteiger partial charge in [0, 0.05) is 6.42 Å². The third-order valence-electron chi connectivity index (χ3n) is 3.27. The van der Waals surface area contributed by atoms with Crippen molar-refractivity contribution < 1.29 is 19.1 Å². The Balaban J connectivity index is 1.79. The van der Waals surface area contributed by atoms with E-state index in [0.717, 1.165) is 5.56 Å². The minimum atomic E-state index is -0.282. The third kappa shape index (κ3) is 2.76. The van der Waals surface area contributed by atoms with Crippen LogP contribution in [0.3, 0.4) is 0 Å². The van der Waals surface area contributed by atoms with Crippen molar-refractivity contribution in [3.05, 3.63) is 65.4 Å². The van der Waals surface area contributed by atoms with Crippen molar-refractivity contribution in [1.82, 2.24) is 0 Å². The number of para-hydroxylation sites is 1. The molecule has 22 heavy (non-hydrogen) atoms. The molecule has 3 rings (SSSR count). The Hall–Kier alpha value is -2.88. The van der Waals surface area contributed by atoms with Crippen molar-refractivity contribution in [2.75, 3.05) is 0 Å². The van der Waals surface area contributed by atoms with E-state index in [1.165, 1.54) is 0 Å². The first kappa shape index (κ1) is 14.1. The smallest absolute Gasteiger partial charge is 0.310 e. The van der Waals surface area contributed by atoms with Gasteiger partial charge in [0.05, 0.1) is 5.56 Å². The molecule has 0 bridgehead atoms. The molecule has 0 spiro atoms. The third-order valence-corrected chi connectivity index (χ3v) is 3.27. The fraction of sp³-hybridized carbons (Fsp3) is 0.111. The Morgan fingerprint density at radius 3 is 2.55 bits per heavy atom. The lowest BCUT2D eigenvalue weighted by Crippen LogP contribution is -2.05. The Bertz CT molecular complexity index is 757. The predicted octanol–water partition coefficient (Wildman–Crippen LogP) is 3.62. The largest absolute Gasteiger partial charge is 0.452 e. The van der Waals surface area contributed by atoms with Gasteiger partial charge in [0.1, 0.15) is 11.5 Å². The number of Topliss-reactive ketones (excluding diaryl/α,β-unsaturated/α-hetero) is 1. The minimum Gasteiger partial charge on any atom is -0.452 e. The number of allylic oxidation sites excluding steroid dienone is 1. The van der Waals surface area contributed by atoms with Crippen LogP contribution in [0.1, 0.15) is 29.3 Å². The number of benzene rings is 2. The van der Waals surface area contributed by atoms with Gasteiger partial charge in [-0.25, -0.2) is 0 Å². The normalized spacial score (nSPS) is 14.6. The lowest BCUT2D eigenvalue weighted by atomic mass is 10.1. The molecule has 0 aliphatic carbocycles. The number of carbonyl (C=O) groups excluding carboxylic acids is 2. The molecule has 1 heterocycles. The molecule has 4 nitrogen and oxygen atoms in total. The van der Waals surface area contributed by atoms with E-state index in [1.54, 1.807) is 55.5 Å². The summed E-state index contributed by atoms with van der Waals surface area (Å²) >= 11 is 0. The van der Waals surface area contributed by atoms with Gasteiger partial charge in [0.2, 0.25) is 5.78 Å². The van der Waals surface area contributed by atoms with Crippen LogP contribution in [0.5, 0.6) is 11.5 Å². The lowest BCUT2D eigenvalue weighted by molar-refractivity contribution is -0.134. The molecule has 2 aromatic rings. The van der Waals surface area contributed by atoms with Crippen LogP contribution >= 0.6 is 0 Å². The molecule has 1 aliphatic heterocycles. The van der Waals surface area contributed by atoms with Crippen molar-refractivity contribution in [3.63, 3.8) is 0 Å². The Morgan fingerprint density at radius 2 is 1.86 bits per heavy atom. The van der Waals surface area contributed by atoms with Gasteiger partial charge in [-0.05, 0) is 35.9 Å². The van der Waals surface area contributed by atoms with Crippen LogP contribution in [0.25, 0.3) is 6.08 Å². The Kier molecular flexibility index (Phi) is 3.74. The molecule has 1 aliphatic rings. The van der Waals surface area contributed by atoms with Crippen LogP contribution in [0.4, 0.5) is 0 Å². The molecule has 110 valence electrons. The molecule has 0 N–H and O–H groups in total. The molecule has 0 amide bonds. The zero-order valence-corrected chi connectivity index (χ0v) is 12.0. The molecule has 2 aromatic carbocycles. The summed E-state index contributed by atoms with van der Waals surface area (Å²) in [6.45, 7) is 1.74. The van der Waals surface area contributed by atoms with Crippen molar-refractivity contribution in [2.24, 2.45) is 0 Å². The molecule has 4 heteroatoms. The number of ketones is 1. The van der Waals surface area contributed by atoms with E-state index in [0.29, 0.717) is 29.2 Å². The monoisotopic (exact) mass is 294 g/mol. The molecule has 0 radical (unpaired) electrons. The Morgan fingerprint density at radius 1 is 1.14 bits per heavy atom. The van der Waals surface area contributed by atoms with Gasteiger partial charge >= 0.3 is 5.97 Å². The Labute approximate surface area is 128 Å². The summed E-state index contributed by atoms with van der Waals surface area (Å²) in [6.07, 6.45) is 2.00. The fourth-order valence-corrected chi connectivity index (χ4v) is 2.12. The van der Waals surface area contributed by atoms with Gasteiger partial charge in [-0.2, -0.15) is 0 Å². The van der Waals surface area contributed by atoms with E-state index in [9.17, 15) is 9.59 Å². The van der Waals surface area contributed by atoms with E-state index < -0.39 is 0 Å². The van der Waals surface area contributed by atoms with Gasteiger partial charge in [-0.15, -0.1) is 0 Å². The van der Waals surface area contributed by atoms with Crippen LogP contribution in [0.2, 0.25) is 0 Å². The van der Waals surface area contributed by atoms with Gasteiger partial charge in [0.25, 0.3) is 0 Å². The SMILES string of the molecule is CCC(=O)Oc1ccc(/C=C2/Oc3ccccc3C2=O)cc1. The molecule has 0 atom stereocenters. The maximum atomic E-state index is 12.2. The number of carbonyl (C=O) groups is 2. The zero-order valence-electron chi connectivity index (χ0n) is 12.0. The quantitative estimate of drug-likeness (QED) is 0.493. The van der Waals surface area contributed by atoms with Crippen molar-refractivity contribution in [2.45, 2.75) is 13.3 Å². The molecule has 0 fully saturated rings. The second-order valence-corrected chi connectivity index (χ2v) is 4.83. The summed E-state index contributed by atoms with van der Waals surface area (Å²) in [7, 11) is 0. The summed E-state index contributed by atoms with van der Waals surface area (Å²) in [4.78, 5) is 23.4. The van der Waals surface area contributed by atoms with E-state index in [2.05, 4.69) is 0 Å². The number of fused-ring (bicyclic) bond motifs is 1. The average Bonchev–Trinajstić information content (AvgIpc) is 2.86. The van der Waals surface area contributed by atoms with Crippen LogP contribution in [-0.2, 0) is 4.79 Å². The van der Waals surface area contributed by atoms with E-state index >= 15 is 0 Å². The average molecular weight is 294 g/mol. The molecule has 0 aromatic heterocycles. The minimum absolute atomic E-state index is 0.128. The molecule has 0 saturated heterocycles. The van der Waals surface area contributed by atoms with Crippen LogP contribution in [0, 0.1) is 0 Å². The molecular weight excluding hydrogens is 280 g/mol. The van der Waals surface area contributed by atoms with Crippen molar-refractivity contribution in [1.29, 1.82) is 0 Å². The summed E-state index contributed by atoms with van der Waals surface area (Å²) in [5.74, 6) is 0.940. The van der Waals surface area contributed by atoms with Gasteiger partial charge in [-0.3, -0.25) is 9.59 Å². The number of hydrogen-bond donors (Lipinski definition) is 0. The highest BCUT2D eigenvalue weighted by atomic mass is 16.5. The summed E-state index contributed by atoms with van der Waals surface area (Å²) in [5.41, 5.74) is 1.37. The van der Waals surface area contributed by atoms with Crippen molar-refractivity contribution >= 4 is 17.8 Å². The number of rotatable bonds is 3. The number of esters is 1. The standard InChI is InChI=1S/C18H14O4/c1-2-17(19)21-13-9-7-12(8-10-13)11-16-18(20)14-5-3-4-6-15(14)22-16/h3-11H,2H2,1H3/b16-11+. The summed E-state index contributed by atoms with van der Waals surface area (Å²) < 4.78 is 10.7. The fourth-order valence-electron chi connectivity index (χ4n) is 2.12. The summed E-state index contributed by atoms with van der Waals surface area (Å²) in [6, 6.07) is 14.0. The predicted molar refractivity (Wildman–Crippen MR) is 81.7 cm³/mol. The van der Waals surface area contributed by atoms with E-state index in [-0.39, 0.29) is 11.8 Å². The first-order valence-corrected chi connectivity index (χ1v) is 7.01. The lowest BCUT2D eigenvalue weighted by Gasteiger charge is -2.03. The topological polar surface area (TPSA) is 52.6 Å². The maximum absolute atomic E-state index is 12.2. The first-order valence-electron chi connectivity index (χ1n) is 7.01.